The lowest BCUT2D eigenvalue weighted by atomic mass is 10.0. The molecule has 0 radical (unpaired) electrons. The van der Waals surface area contributed by atoms with Crippen molar-refractivity contribution < 1.29 is 18.0 Å². The van der Waals surface area contributed by atoms with Crippen molar-refractivity contribution in [2.75, 3.05) is 0 Å². The van der Waals surface area contributed by atoms with Crippen LogP contribution in [-0.4, -0.2) is 12.0 Å². The number of carbonyl (C=O) groups excluding carboxylic acids is 1. The van der Waals surface area contributed by atoms with Crippen molar-refractivity contribution in [2.24, 2.45) is 0 Å². The average molecular weight is 278 g/mol. The van der Waals surface area contributed by atoms with Crippen LogP contribution < -0.4 is 0 Å². The van der Waals surface area contributed by atoms with Gasteiger partial charge in [0.15, 0.2) is 0 Å². The van der Waals surface area contributed by atoms with E-state index in [1.54, 1.807) is 6.92 Å². The number of halogens is 3. The molecule has 0 aromatic heterocycles. The Hall–Kier alpha value is -0.800. The van der Waals surface area contributed by atoms with Gasteiger partial charge in [0.25, 0.3) is 5.78 Å². The molecule has 19 heavy (non-hydrogen) atoms. The summed E-state index contributed by atoms with van der Waals surface area (Å²) in [6.45, 7) is 3.77. The first-order chi connectivity index (χ1) is 8.88. The van der Waals surface area contributed by atoms with Gasteiger partial charge in [0.05, 0.1) is 0 Å². The van der Waals surface area contributed by atoms with Crippen LogP contribution in [0.3, 0.4) is 0 Å². The number of hydrogen-bond donors (Lipinski definition) is 0. The summed E-state index contributed by atoms with van der Waals surface area (Å²) in [4.78, 5) is 10.7. The molecule has 0 amide bonds. The molecule has 0 aromatic carbocycles. The number of rotatable bonds is 10. The lowest BCUT2D eigenvalue weighted by Gasteiger charge is -2.04. The maximum absolute atomic E-state index is 12.0. The van der Waals surface area contributed by atoms with Gasteiger partial charge in [0.2, 0.25) is 0 Å². The third-order valence-electron chi connectivity index (χ3n) is 3.08. The first-order valence-corrected chi connectivity index (χ1v) is 7.16. The van der Waals surface area contributed by atoms with E-state index in [-0.39, 0.29) is 0 Å². The Morgan fingerprint density at radius 2 is 1.42 bits per heavy atom. The maximum atomic E-state index is 12.0. The molecule has 0 rings (SSSR count). The number of allylic oxidation sites excluding steroid dienone is 2. The van der Waals surface area contributed by atoms with Crippen molar-refractivity contribution in [1.82, 2.24) is 0 Å². The zero-order valence-corrected chi connectivity index (χ0v) is 12.0. The van der Waals surface area contributed by atoms with Gasteiger partial charge in [-0.15, -0.1) is 0 Å². The molecule has 0 aliphatic carbocycles. The molecule has 0 saturated heterocycles. The van der Waals surface area contributed by atoms with Crippen LogP contribution in [0.1, 0.15) is 71.6 Å². The highest BCUT2D eigenvalue weighted by Crippen LogP contribution is 2.19. The predicted molar refractivity (Wildman–Crippen MR) is 72.0 cm³/mol. The summed E-state index contributed by atoms with van der Waals surface area (Å²) < 4.78 is 36.0. The molecular weight excluding hydrogens is 253 g/mol. The SMILES string of the molecule is CCCCCCCCCC/C(C)=C\C(=O)C(F)(F)F. The summed E-state index contributed by atoms with van der Waals surface area (Å²) in [6.07, 6.45) is 5.81. The highest BCUT2D eigenvalue weighted by molar-refractivity contribution is 5.94. The molecule has 0 aromatic rings. The molecule has 0 unspecified atom stereocenters. The number of alkyl halides is 3. The smallest absolute Gasteiger partial charge is 0.285 e. The van der Waals surface area contributed by atoms with E-state index in [0.29, 0.717) is 12.0 Å². The largest absolute Gasteiger partial charge is 0.454 e. The van der Waals surface area contributed by atoms with Gasteiger partial charge in [-0.25, -0.2) is 0 Å². The second kappa shape index (κ2) is 10.0. The van der Waals surface area contributed by atoms with Crippen LogP contribution in [0.15, 0.2) is 11.6 Å². The van der Waals surface area contributed by atoms with Crippen molar-refractivity contribution in [3.8, 4) is 0 Å². The van der Waals surface area contributed by atoms with Crippen LogP contribution in [0.25, 0.3) is 0 Å². The van der Waals surface area contributed by atoms with Crippen molar-refractivity contribution >= 4 is 5.78 Å². The third-order valence-corrected chi connectivity index (χ3v) is 3.08. The van der Waals surface area contributed by atoms with Gasteiger partial charge in [0, 0.05) is 0 Å². The van der Waals surface area contributed by atoms with Gasteiger partial charge >= 0.3 is 6.18 Å². The van der Waals surface area contributed by atoms with Crippen LogP contribution >= 0.6 is 0 Å². The minimum absolute atomic E-state index is 0.522. The molecule has 0 fully saturated rings. The molecule has 0 bridgehead atoms. The van der Waals surface area contributed by atoms with Crippen molar-refractivity contribution in [3.63, 3.8) is 0 Å². The van der Waals surface area contributed by atoms with Crippen LogP contribution in [0.5, 0.6) is 0 Å². The van der Waals surface area contributed by atoms with Gasteiger partial charge in [-0.2, -0.15) is 13.2 Å². The fourth-order valence-electron chi connectivity index (χ4n) is 1.92. The van der Waals surface area contributed by atoms with Gasteiger partial charge in [-0.1, -0.05) is 57.4 Å². The number of ketones is 1. The van der Waals surface area contributed by atoms with Crippen LogP contribution in [0.2, 0.25) is 0 Å². The fraction of sp³-hybridized carbons (Fsp3) is 0.800. The monoisotopic (exact) mass is 278 g/mol. The van der Waals surface area contributed by atoms with Crippen LogP contribution in [-0.2, 0) is 4.79 Å². The van der Waals surface area contributed by atoms with E-state index in [4.69, 9.17) is 0 Å². The maximum Gasteiger partial charge on any atom is 0.454 e. The van der Waals surface area contributed by atoms with Crippen LogP contribution in [0, 0.1) is 0 Å². The highest BCUT2D eigenvalue weighted by Gasteiger charge is 2.36. The summed E-state index contributed by atoms with van der Waals surface area (Å²) in [5.41, 5.74) is 0.522. The Labute approximate surface area is 114 Å². The minimum Gasteiger partial charge on any atom is -0.285 e. The summed E-state index contributed by atoms with van der Waals surface area (Å²) in [7, 11) is 0. The predicted octanol–water partition coefficient (Wildman–Crippen LogP) is 5.59. The zero-order valence-electron chi connectivity index (χ0n) is 12.0. The summed E-state index contributed by atoms with van der Waals surface area (Å²) in [5.74, 6) is -1.75. The first-order valence-electron chi connectivity index (χ1n) is 7.16. The molecule has 0 atom stereocenters. The molecule has 0 heterocycles. The molecule has 1 nitrogen and oxygen atoms in total. The quantitative estimate of drug-likeness (QED) is 0.376. The normalized spacial score (nSPS) is 12.8. The fourth-order valence-corrected chi connectivity index (χ4v) is 1.92. The second-order valence-electron chi connectivity index (χ2n) is 5.08. The third kappa shape index (κ3) is 10.8. The van der Waals surface area contributed by atoms with E-state index in [9.17, 15) is 18.0 Å². The Bertz CT molecular complexity index is 280. The Morgan fingerprint density at radius 3 is 1.89 bits per heavy atom. The van der Waals surface area contributed by atoms with E-state index >= 15 is 0 Å². The molecule has 112 valence electrons. The summed E-state index contributed by atoms with van der Waals surface area (Å²) in [6, 6.07) is 0. The molecule has 0 spiro atoms. The van der Waals surface area contributed by atoms with E-state index < -0.39 is 12.0 Å². The van der Waals surface area contributed by atoms with Gasteiger partial charge < -0.3 is 0 Å². The Balaban J connectivity index is 3.61. The van der Waals surface area contributed by atoms with Gasteiger partial charge in [-0.05, 0) is 25.8 Å². The van der Waals surface area contributed by atoms with E-state index in [1.807, 2.05) is 0 Å². The van der Waals surface area contributed by atoms with Crippen molar-refractivity contribution in [1.29, 1.82) is 0 Å². The zero-order chi connectivity index (χ0) is 14.7. The average Bonchev–Trinajstić information content (AvgIpc) is 2.31. The van der Waals surface area contributed by atoms with Crippen molar-refractivity contribution in [2.45, 2.75) is 77.8 Å². The molecule has 0 aliphatic rings. The topological polar surface area (TPSA) is 17.1 Å². The van der Waals surface area contributed by atoms with Crippen molar-refractivity contribution in [3.05, 3.63) is 11.6 Å². The highest BCUT2D eigenvalue weighted by atomic mass is 19.4. The lowest BCUT2D eigenvalue weighted by Crippen LogP contribution is -2.20. The summed E-state index contributed by atoms with van der Waals surface area (Å²) in [5, 5.41) is 0. The Kier molecular flexibility index (Phi) is 9.62. The van der Waals surface area contributed by atoms with E-state index in [2.05, 4.69) is 6.92 Å². The second-order valence-corrected chi connectivity index (χ2v) is 5.08. The Morgan fingerprint density at radius 1 is 0.947 bits per heavy atom. The molecule has 0 aliphatic heterocycles. The van der Waals surface area contributed by atoms with Crippen LogP contribution in [0.4, 0.5) is 13.2 Å². The van der Waals surface area contributed by atoms with Gasteiger partial charge in [-0.3, -0.25) is 4.79 Å². The standard InChI is InChI=1S/C15H25F3O/c1-3-4-5-6-7-8-9-10-11-13(2)12-14(19)15(16,17)18/h12H,3-11H2,1-2H3/b13-12-. The van der Waals surface area contributed by atoms with E-state index in [0.717, 1.165) is 25.3 Å². The molecule has 4 heteroatoms. The number of hydrogen-bond acceptors (Lipinski definition) is 1. The summed E-state index contributed by atoms with van der Waals surface area (Å²) >= 11 is 0. The number of carbonyl (C=O) groups is 1. The first kappa shape index (κ1) is 18.2. The number of unbranched alkanes of at least 4 members (excludes halogenated alkanes) is 7. The molecule has 0 N–H and O–H groups in total. The lowest BCUT2D eigenvalue weighted by molar-refractivity contribution is -0.165. The van der Waals surface area contributed by atoms with E-state index in [1.165, 1.54) is 32.1 Å². The molecular formula is C15H25F3O. The minimum atomic E-state index is -4.74. The van der Waals surface area contributed by atoms with Gasteiger partial charge in [0.1, 0.15) is 0 Å². The molecule has 0 saturated carbocycles.